The standard InChI is InChI=1S/C17H14N2O3S/c1-11-3-5-13(6-4-11)19-16(23)15(20)18(17(19)21)12-7-9-14(22-2)10-8-12/h3-10H,1-2H3. The van der Waals surface area contributed by atoms with Gasteiger partial charge in [0.15, 0.2) is 4.99 Å². The van der Waals surface area contributed by atoms with E-state index in [1.54, 1.807) is 43.5 Å². The first-order valence-electron chi connectivity index (χ1n) is 6.96. The molecule has 23 heavy (non-hydrogen) atoms. The Labute approximate surface area is 139 Å². The third-order valence-corrected chi connectivity index (χ3v) is 3.95. The minimum atomic E-state index is -0.504. The van der Waals surface area contributed by atoms with Crippen LogP contribution < -0.4 is 14.5 Å². The fourth-order valence-corrected chi connectivity index (χ4v) is 2.62. The molecule has 1 aliphatic rings. The van der Waals surface area contributed by atoms with Crippen molar-refractivity contribution in [1.29, 1.82) is 0 Å². The first-order valence-corrected chi connectivity index (χ1v) is 7.37. The summed E-state index contributed by atoms with van der Waals surface area (Å²) in [4.78, 5) is 27.4. The molecular formula is C17H14N2O3S. The number of hydrogen-bond acceptors (Lipinski definition) is 4. The van der Waals surface area contributed by atoms with Crippen LogP contribution in [0.25, 0.3) is 0 Å². The number of amides is 3. The summed E-state index contributed by atoms with van der Waals surface area (Å²) in [6.45, 7) is 1.95. The molecule has 0 unspecified atom stereocenters. The molecule has 1 aliphatic heterocycles. The van der Waals surface area contributed by atoms with E-state index in [9.17, 15) is 9.59 Å². The van der Waals surface area contributed by atoms with Crippen LogP contribution >= 0.6 is 12.2 Å². The maximum absolute atomic E-state index is 12.7. The Hall–Kier alpha value is -2.73. The van der Waals surface area contributed by atoms with Gasteiger partial charge in [-0.25, -0.2) is 14.6 Å². The van der Waals surface area contributed by atoms with Crippen molar-refractivity contribution in [1.82, 2.24) is 0 Å². The summed E-state index contributed by atoms with van der Waals surface area (Å²) in [6, 6.07) is 13.5. The lowest BCUT2D eigenvalue weighted by atomic mass is 10.2. The van der Waals surface area contributed by atoms with Crippen molar-refractivity contribution in [3.8, 4) is 5.75 Å². The monoisotopic (exact) mass is 326 g/mol. The number of methoxy groups -OCH3 is 1. The Morgan fingerprint density at radius 1 is 0.870 bits per heavy atom. The molecule has 0 aromatic heterocycles. The highest BCUT2D eigenvalue weighted by molar-refractivity contribution is 7.82. The highest BCUT2D eigenvalue weighted by Gasteiger charge is 2.43. The van der Waals surface area contributed by atoms with Crippen molar-refractivity contribution in [2.24, 2.45) is 0 Å². The fourth-order valence-electron chi connectivity index (χ4n) is 2.35. The summed E-state index contributed by atoms with van der Waals surface area (Å²) in [5.74, 6) is 0.140. The van der Waals surface area contributed by atoms with Gasteiger partial charge in [-0.15, -0.1) is 0 Å². The second-order valence-electron chi connectivity index (χ2n) is 5.10. The lowest BCUT2D eigenvalue weighted by Gasteiger charge is -2.16. The van der Waals surface area contributed by atoms with E-state index in [1.807, 2.05) is 19.1 Å². The van der Waals surface area contributed by atoms with Gasteiger partial charge in [-0.3, -0.25) is 4.79 Å². The molecule has 0 radical (unpaired) electrons. The number of nitrogens with zero attached hydrogens (tertiary/aromatic N) is 2. The first kappa shape index (κ1) is 15.2. The second kappa shape index (κ2) is 5.81. The van der Waals surface area contributed by atoms with Crippen LogP contribution in [0.3, 0.4) is 0 Å². The molecule has 0 N–H and O–H groups in total. The van der Waals surface area contributed by atoms with Crippen molar-refractivity contribution < 1.29 is 14.3 Å². The van der Waals surface area contributed by atoms with Crippen LogP contribution in [0.2, 0.25) is 0 Å². The molecule has 3 rings (SSSR count). The summed E-state index contributed by atoms with van der Waals surface area (Å²) >= 11 is 5.17. The summed E-state index contributed by atoms with van der Waals surface area (Å²) in [5.41, 5.74) is 2.09. The van der Waals surface area contributed by atoms with Gasteiger partial charge in [-0.1, -0.05) is 29.9 Å². The average molecular weight is 326 g/mol. The molecule has 116 valence electrons. The third-order valence-electron chi connectivity index (χ3n) is 3.59. The normalized spacial score (nSPS) is 14.6. The number of thiocarbonyl (C=S) groups is 1. The smallest absolute Gasteiger partial charge is 0.341 e. The van der Waals surface area contributed by atoms with Crippen LogP contribution in [0.4, 0.5) is 16.2 Å². The number of benzene rings is 2. The van der Waals surface area contributed by atoms with E-state index in [1.165, 1.54) is 4.90 Å². The molecule has 0 aliphatic carbocycles. The minimum absolute atomic E-state index is 0.0327. The van der Waals surface area contributed by atoms with Gasteiger partial charge in [0.1, 0.15) is 5.75 Å². The molecular weight excluding hydrogens is 312 g/mol. The van der Waals surface area contributed by atoms with E-state index < -0.39 is 11.9 Å². The van der Waals surface area contributed by atoms with Gasteiger partial charge in [0.25, 0.3) is 5.91 Å². The minimum Gasteiger partial charge on any atom is -0.497 e. The van der Waals surface area contributed by atoms with Crippen LogP contribution in [0.5, 0.6) is 5.75 Å². The molecule has 2 aromatic carbocycles. The Bertz CT molecular complexity index is 784. The van der Waals surface area contributed by atoms with Crippen molar-refractivity contribution >= 4 is 40.5 Å². The predicted molar refractivity (Wildman–Crippen MR) is 92.1 cm³/mol. The Morgan fingerprint density at radius 3 is 1.96 bits per heavy atom. The number of carbonyl (C=O) groups is 2. The van der Waals surface area contributed by atoms with Crippen LogP contribution in [-0.2, 0) is 4.79 Å². The van der Waals surface area contributed by atoms with Crippen LogP contribution in [0, 0.1) is 6.92 Å². The largest absolute Gasteiger partial charge is 0.497 e. The van der Waals surface area contributed by atoms with Crippen LogP contribution in [0.1, 0.15) is 5.56 Å². The van der Waals surface area contributed by atoms with E-state index in [4.69, 9.17) is 17.0 Å². The molecule has 0 atom stereocenters. The van der Waals surface area contributed by atoms with Crippen molar-refractivity contribution in [3.63, 3.8) is 0 Å². The SMILES string of the molecule is COc1ccc(N2C(=O)C(=S)N(c3ccc(C)cc3)C2=O)cc1. The lowest BCUT2D eigenvalue weighted by Crippen LogP contribution is -2.33. The van der Waals surface area contributed by atoms with E-state index in [0.29, 0.717) is 17.1 Å². The van der Waals surface area contributed by atoms with Crippen molar-refractivity contribution in [2.45, 2.75) is 6.92 Å². The van der Waals surface area contributed by atoms with Gasteiger partial charge in [0.05, 0.1) is 18.5 Å². The summed E-state index contributed by atoms with van der Waals surface area (Å²) in [5, 5.41) is 0. The lowest BCUT2D eigenvalue weighted by molar-refractivity contribution is -0.111. The van der Waals surface area contributed by atoms with Gasteiger partial charge in [0.2, 0.25) is 0 Å². The molecule has 3 amide bonds. The number of ether oxygens (including phenoxy) is 1. The zero-order valence-electron chi connectivity index (χ0n) is 12.6. The van der Waals surface area contributed by atoms with Crippen LogP contribution in [0.15, 0.2) is 48.5 Å². The average Bonchev–Trinajstić information content (AvgIpc) is 2.78. The molecule has 1 heterocycles. The van der Waals surface area contributed by atoms with E-state index in [2.05, 4.69) is 0 Å². The number of hydrogen-bond donors (Lipinski definition) is 0. The van der Waals surface area contributed by atoms with Crippen LogP contribution in [-0.4, -0.2) is 24.0 Å². The number of rotatable bonds is 3. The molecule has 0 saturated carbocycles. The molecule has 1 saturated heterocycles. The van der Waals surface area contributed by atoms with Crippen molar-refractivity contribution in [2.75, 3.05) is 16.9 Å². The molecule has 5 nitrogen and oxygen atoms in total. The number of imide groups is 1. The van der Waals surface area contributed by atoms with E-state index in [-0.39, 0.29) is 4.99 Å². The predicted octanol–water partition coefficient (Wildman–Crippen LogP) is 3.30. The topological polar surface area (TPSA) is 49.9 Å². The fraction of sp³-hybridized carbons (Fsp3) is 0.118. The highest BCUT2D eigenvalue weighted by atomic mass is 32.1. The van der Waals surface area contributed by atoms with Gasteiger partial charge < -0.3 is 4.74 Å². The maximum Gasteiger partial charge on any atom is 0.341 e. The zero-order valence-corrected chi connectivity index (χ0v) is 13.5. The molecule has 0 spiro atoms. The summed E-state index contributed by atoms with van der Waals surface area (Å²) in [7, 11) is 1.55. The molecule has 1 fully saturated rings. The highest BCUT2D eigenvalue weighted by Crippen LogP contribution is 2.28. The quantitative estimate of drug-likeness (QED) is 0.641. The zero-order chi connectivity index (χ0) is 16.6. The summed E-state index contributed by atoms with van der Waals surface area (Å²) < 4.78 is 5.08. The van der Waals surface area contributed by atoms with Gasteiger partial charge in [-0.05, 0) is 43.3 Å². The van der Waals surface area contributed by atoms with E-state index in [0.717, 1.165) is 10.5 Å². The molecule has 0 bridgehead atoms. The van der Waals surface area contributed by atoms with Crippen molar-refractivity contribution in [3.05, 3.63) is 54.1 Å². The Kier molecular flexibility index (Phi) is 3.83. The Morgan fingerprint density at radius 2 is 1.39 bits per heavy atom. The second-order valence-corrected chi connectivity index (χ2v) is 5.48. The first-order chi connectivity index (χ1) is 11.0. The van der Waals surface area contributed by atoms with E-state index >= 15 is 0 Å². The number of carbonyl (C=O) groups excluding carboxylic acids is 2. The number of urea groups is 1. The van der Waals surface area contributed by atoms with Gasteiger partial charge >= 0.3 is 6.03 Å². The molecule has 6 heteroatoms. The third kappa shape index (κ3) is 2.57. The summed E-state index contributed by atoms with van der Waals surface area (Å²) in [6.07, 6.45) is 0. The number of aryl methyl sites for hydroxylation is 1. The number of anilines is 2. The van der Waals surface area contributed by atoms with Gasteiger partial charge in [-0.2, -0.15) is 0 Å². The Balaban J connectivity index is 1.97. The molecule has 2 aromatic rings. The van der Waals surface area contributed by atoms with Gasteiger partial charge in [0, 0.05) is 0 Å². The maximum atomic E-state index is 12.7.